The summed E-state index contributed by atoms with van der Waals surface area (Å²) in [5, 5.41) is 13.6. The third kappa shape index (κ3) is 7.84. The van der Waals surface area contributed by atoms with Crippen LogP contribution in [0.3, 0.4) is 0 Å². The Balaban J connectivity index is 2.00. The number of nitrogens with two attached hydrogens (primary N) is 1. The van der Waals surface area contributed by atoms with Gasteiger partial charge in [-0.05, 0) is 0 Å². The molecule has 1 heterocycles. The summed E-state index contributed by atoms with van der Waals surface area (Å²) in [7, 11) is 0. The van der Waals surface area contributed by atoms with E-state index in [-0.39, 0.29) is 21.6 Å². The molecule has 0 aliphatic rings. The second-order valence-corrected chi connectivity index (χ2v) is 25.2. The molecule has 0 aliphatic carbocycles. The molecule has 3 aromatic rings. The molecule has 0 amide bonds. The van der Waals surface area contributed by atoms with E-state index in [1.807, 2.05) is 0 Å². The van der Waals surface area contributed by atoms with Gasteiger partial charge in [0.2, 0.25) is 0 Å². The first-order chi connectivity index (χ1) is 19.0. The summed E-state index contributed by atoms with van der Waals surface area (Å²) >= 11 is 10.1. The second kappa shape index (κ2) is 14.6. The van der Waals surface area contributed by atoms with Crippen molar-refractivity contribution in [2.75, 3.05) is 5.73 Å². The molecule has 1 aromatic heterocycles. The number of thioether (sulfide) groups is 1. The van der Waals surface area contributed by atoms with Crippen LogP contribution in [0.2, 0.25) is 23.4 Å². The quantitative estimate of drug-likeness (QED) is 0.141. The van der Waals surface area contributed by atoms with Crippen LogP contribution in [-0.4, -0.2) is 33.7 Å². The molecule has 4 nitrogen and oxygen atoms in total. The van der Waals surface area contributed by atoms with Gasteiger partial charge in [0.05, 0.1) is 0 Å². The monoisotopic (exact) mass is 718 g/mol. The average Bonchev–Trinajstić information content (AvgIpc) is 3.21. The molecule has 40 heavy (non-hydrogen) atoms. The van der Waals surface area contributed by atoms with E-state index >= 15 is 0 Å². The standard InChI is InChI=1S/C17H8Cl2F3N4S.3C4H9.Sn/c18-11-6-10(9-4-2-1-3-5-9)7-12(19)14(11)26-16(24)15(13(8-23)25-26)27-17(20,21)22;3*1-3-4-2;/h2-7H,24H2;3*1,3-4H2,2H3;. The fourth-order valence-electron chi connectivity index (χ4n) is 5.18. The van der Waals surface area contributed by atoms with Gasteiger partial charge in [0.25, 0.3) is 0 Å². The van der Waals surface area contributed by atoms with Gasteiger partial charge in [-0.25, -0.2) is 0 Å². The van der Waals surface area contributed by atoms with Gasteiger partial charge in [-0.3, -0.25) is 0 Å². The van der Waals surface area contributed by atoms with E-state index in [9.17, 15) is 18.4 Å². The number of hydrogen-bond acceptors (Lipinski definition) is 4. The number of halogens is 5. The fourth-order valence-corrected chi connectivity index (χ4v) is 22.4. The zero-order valence-corrected chi connectivity index (χ0v) is 28.2. The number of anilines is 1. The Labute approximate surface area is 253 Å². The van der Waals surface area contributed by atoms with Gasteiger partial charge in [0.1, 0.15) is 0 Å². The number of rotatable bonds is 13. The van der Waals surface area contributed by atoms with E-state index in [1.165, 1.54) is 51.8 Å². The molecular formula is C29H35Cl2F3N4SSn. The van der Waals surface area contributed by atoms with Crippen molar-refractivity contribution in [3.63, 3.8) is 0 Å². The molecular weight excluding hydrogens is 683 g/mol. The summed E-state index contributed by atoms with van der Waals surface area (Å²) in [5.41, 5.74) is 2.75. The Kier molecular flexibility index (Phi) is 12.0. The number of nitrogens with zero attached hydrogens (tertiary/aromatic N) is 3. The van der Waals surface area contributed by atoms with Gasteiger partial charge in [0.15, 0.2) is 0 Å². The number of aromatic nitrogens is 2. The average molecular weight is 718 g/mol. The number of nitriles is 1. The maximum absolute atomic E-state index is 13.0. The van der Waals surface area contributed by atoms with Crippen LogP contribution < -0.4 is 9.31 Å². The molecule has 3 rings (SSSR count). The number of unbranched alkanes of at least 4 members (excludes halogenated alkanes) is 3. The molecule has 216 valence electrons. The van der Waals surface area contributed by atoms with Crippen LogP contribution in [0.15, 0.2) is 41.3 Å². The summed E-state index contributed by atoms with van der Waals surface area (Å²) in [6, 6.07) is 13.9. The van der Waals surface area contributed by atoms with E-state index in [0.29, 0.717) is 0 Å². The van der Waals surface area contributed by atoms with Crippen molar-refractivity contribution in [1.82, 2.24) is 9.78 Å². The van der Waals surface area contributed by atoms with Gasteiger partial charge < -0.3 is 0 Å². The first kappa shape index (κ1) is 33.0. The van der Waals surface area contributed by atoms with Crippen molar-refractivity contribution in [3.8, 4) is 22.9 Å². The molecule has 0 unspecified atom stereocenters. The zero-order valence-electron chi connectivity index (χ0n) is 23.0. The molecule has 0 aliphatic heterocycles. The summed E-state index contributed by atoms with van der Waals surface area (Å²) in [6.07, 6.45) is 7.49. The molecule has 0 spiro atoms. The first-order valence-corrected chi connectivity index (χ1v) is 22.7. The van der Waals surface area contributed by atoms with Crippen LogP contribution in [0, 0.1) is 11.3 Å². The third-order valence-electron chi connectivity index (χ3n) is 7.29. The molecule has 0 radical (unpaired) electrons. The predicted molar refractivity (Wildman–Crippen MR) is 165 cm³/mol. The maximum atomic E-state index is 13.0. The molecule has 0 saturated heterocycles. The Morgan fingerprint density at radius 1 is 0.925 bits per heavy atom. The van der Waals surface area contributed by atoms with Crippen molar-refractivity contribution in [2.24, 2.45) is 0 Å². The van der Waals surface area contributed by atoms with Crippen LogP contribution >= 0.6 is 35.0 Å². The molecule has 2 N–H and O–H groups in total. The van der Waals surface area contributed by atoms with Crippen LogP contribution in [0.25, 0.3) is 16.8 Å². The Morgan fingerprint density at radius 2 is 1.43 bits per heavy atom. The first-order valence-electron chi connectivity index (χ1n) is 13.6. The van der Waals surface area contributed by atoms with Crippen molar-refractivity contribution < 1.29 is 13.2 Å². The summed E-state index contributed by atoms with van der Waals surface area (Å²) in [6.45, 7) is 6.80. The Hall–Kier alpha value is -1.54. The van der Waals surface area contributed by atoms with E-state index in [4.69, 9.17) is 28.9 Å². The summed E-state index contributed by atoms with van der Waals surface area (Å²) in [4.78, 5) is -0.481. The van der Waals surface area contributed by atoms with Gasteiger partial charge in [-0.1, -0.05) is 0 Å². The topological polar surface area (TPSA) is 67.6 Å². The van der Waals surface area contributed by atoms with Gasteiger partial charge in [0, 0.05) is 0 Å². The van der Waals surface area contributed by atoms with Crippen molar-refractivity contribution in [3.05, 3.63) is 52.1 Å². The molecule has 2 aromatic carbocycles. The Morgan fingerprint density at radius 3 is 1.85 bits per heavy atom. The number of alkyl halides is 3. The minimum atomic E-state index is -4.64. The number of nitrogen functional groups attached to an aromatic ring is 1. The third-order valence-corrected chi connectivity index (χ3v) is 24.4. The normalized spacial score (nSPS) is 12.1. The van der Waals surface area contributed by atoms with E-state index < -0.39 is 46.2 Å². The van der Waals surface area contributed by atoms with Gasteiger partial charge in [-0.2, -0.15) is 18.4 Å². The zero-order chi connectivity index (χ0) is 29.5. The van der Waals surface area contributed by atoms with E-state index in [1.54, 1.807) is 21.8 Å². The molecule has 0 fully saturated rings. The number of hydrogen-bond donors (Lipinski definition) is 1. The van der Waals surface area contributed by atoms with E-state index in [0.717, 1.165) is 15.8 Å². The van der Waals surface area contributed by atoms with Crippen molar-refractivity contribution in [1.29, 1.82) is 5.26 Å². The van der Waals surface area contributed by atoms with Crippen LogP contribution in [0.5, 0.6) is 0 Å². The van der Waals surface area contributed by atoms with Gasteiger partial charge in [-0.15, -0.1) is 0 Å². The molecule has 11 heteroatoms. The molecule has 0 bridgehead atoms. The second-order valence-electron chi connectivity index (χ2n) is 10.1. The fraction of sp³-hybridized carbons (Fsp3) is 0.448. The van der Waals surface area contributed by atoms with Gasteiger partial charge >= 0.3 is 236 Å². The Bertz CT molecular complexity index is 1290. The van der Waals surface area contributed by atoms with E-state index in [2.05, 4.69) is 50.1 Å². The van der Waals surface area contributed by atoms with Crippen LogP contribution in [0.1, 0.15) is 65.0 Å². The van der Waals surface area contributed by atoms with Crippen LogP contribution in [-0.2, 0) is 0 Å². The predicted octanol–water partition coefficient (Wildman–Crippen LogP) is 9.97. The molecule has 0 atom stereocenters. The summed E-state index contributed by atoms with van der Waals surface area (Å²) < 4.78 is 45.8. The SMILES string of the molecule is CCC[CH2][Sn]([CH2]CCC)([CH2]CCC)[c]1ccc(-c2cc(Cl)c(-n3nc(C#N)c(SC(F)(F)F)c3N)c(Cl)c2)cc1. The van der Waals surface area contributed by atoms with Crippen molar-refractivity contribution in [2.45, 2.75) is 83.0 Å². The summed E-state index contributed by atoms with van der Waals surface area (Å²) in [5.74, 6) is -0.352. The van der Waals surface area contributed by atoms with Crippen molar-refractivity contribution >= 4 is 62.7 Å². The minimum absolute atomic E-state index is 0.126. The number of benzene rings is 2. The van der Waals surface area contributed by atoms with Crippen LogP contribution in [0.4, 0.5) is 19.0 Å². The molecule has 0 saturated carbocycles.